The van der Waals surface area contributed by atoms with Gasteiger partial charge < -0.3 is 5.11 Å². The third-order valence-electron chi connectivity index (χ3n) is 1.75. The Morgan fingerprint density at radius 1 is 1.36 bits per heavy atom. The van der Waals surface area contributed by atoms with Crippen molar-refractivity contribution in [2.24, 2.45) is 5.41 Å². The van der Waals surface area contributed by atoms with Gasteiger partial charge >= 0.3 is 0 Å². The molecule has 0 unspecified atom stereocenters. The van der Waals surface area contributed by atoms with E-state index in [-0.39, 0.29) is 12.0 Å². The Labute approximate surface area is 67.7 Å². The second kappa shape index (κ2) is 3.05. The summed E-state index contributed by atoms with van der Waals surface area (Å²) in [6.07, 6.45) is 10.1. The van der Waals surface area contributed by atoms with E-state index < -0.39 is 0 Å². The molecule has 1 aliphatic rings. The molecule has 1 nitrogen and oxygen atoms in total. The summed E-state index contributed by atoms with van der Waals surface area (Å²) in [5, 5.41) is 8.83. The molecule has 1 aliphatic carbocycles. The second-order valence-electron chi connectivity index (χ2n) is 3.41. The molecule has 0 atom stereocenters. The average Bonchev–Trinajstić information content (AvgIpc) is 2.10. The normalized spacial score (nSPS) is 21.2. The highest BCUT2D eigenvalue weighted by atomic mass is 16.3. The molecule has 1 N–H and O–H groups in total. The molecule has 0 fully saturated rings. The van der Waals surface area contributed by atoms with Crippen LogP contribution in [-0.2, 0) is 0 Å². The topological polar surface area (TPSA) is 20.2 Å². The molecule has 1 heteroatoms. The lowest BCUT2D eigenvalue weighted by molar-refractivity contribution is 0.335. The van der Waals surface area contributed by atoms with Crippen LogP contribution in [0.5, 0.6) is 0 Å². The summed E-state index contributed by atoms with van der Waals surface area (Å²) in [5.41, 5.74) is 1.08. The minimum atomic E-state index is 0.118. The SMILES string of the molecule is CC1(C)C=CC=C(CO)C=C1. The fourth-order valence-electron chi connectivity index (χ4n) is 0.958. The van der Waals surface area contributed by atoms with E-state index in [2.05, 4.69) is 26.0 Å². The van der Waals surface area contributed by atoms with Gasteiger partial charge in [0.15, 0.2) is 0 Å². The highest BCUT2D eigenvalue weighted by Crippen LogP contribution is 2.22. The quantitative estimate of drug-likeness (QED) is 0.606. The number of hydrogen-bond acceptors (Lipinski definition) is 1. The van der Waals surface area contributed by atoms with Crippen molar-refractivity contribution in [3.8, 4) is 0 Å². The highest BCUT2D eigenvalue weighted by Gasteiger charge is 2.09. The van der Waals surface area contributed by atoms with E-state index in [1.807, 2.05) is 18.2 Å². The van der Waals surface area contributed by atoms with Gasteiger partial charge in [0.1, 0.15) is 0 Å². The molecular weight excluding hydrogens is 136 g/mol. The fraction of sp³-hybridized carbons (Fsp3) is 0.400. The first-order chi connectivity index (χ1) is 5.14. The first-order valence-electron chi connectivity index (χ1n) is 3.82. The summed E-state index contributed by atoms with van der Waals surface area (Å²) in [4.78, 5) is 0. The van der Waals surface area contributed by atoms with Crippen molar-refractivity contribution in [2.45, 2.75) is 13.8 Å². The summed E-state index contributed by atoms with van der Waals surface area (Å²) < 4.78 is 0. The molecule has 0 aliphatic heterocycles. The lowest BCUT2D eigenvalue weighted by Gasteiger charge is -2.12. The van der Waals surface area contributed by atoms with Crippen LogP contribution in [0.15, 0.2) is 36.0 Å². The Kier molecular flexibility index (Phi) is 2.30. The third-order valence-corrected chi connectivity index (χ3v) is 1.75. The van der Waals surface area contributed by atoms with Crippen LogP contribution in [-0.4, -0.2) is 11.7 Å². The Morgan fingerprint density at radius 2 is 2.09 bits per heavy atom. The lowest BCUT2D eigenvalue weighted by Crippen LogP contribution is -2.00. The first kappa shape index (κ1) is 8.28. The summed E-state index contributed by atoms with van der Waals surface area (Å²) in [5.74, 6) is 0. The van der Waals surface area contributed by atoms with Crippen molar-refractivity contribution in [3.63, 3.8) is 0 Å². The van der Waals surface area contributed by atoms with Gasteiger partial charge in [-0.2, -0.15) is 0 Å². The van der Waals surface area contributed by atoms with Crippen molar-refractivity contribution >= 4 is 0 Å². The van der Waals surface area contributed by atoms with E-state index in [1.165, 1.54) is 0 Å². The third kappa shape index (κ3) is 2.35. The monoisotopic (exact) mass is 150 g/mol. The molecule has 0 heterocycles. The largest absolute Gasteiger partial charge is 0.392 e. The number of rotatable bonds is 1. The summed E-state index contributed by atoms with van der Waals surface area (Å²) in [7, 11) is 0. The zero-order valence-corrected chi connectivity index (χ0v) is 7.04. The van der Waals surface area contributed by atoms with E-state index in [4.69, 9.17) is 5.11 Å². The van der Waals surface area contributed by atoms with Crippen LogP contribution in [0.1, 0.15) is 13.8 Å². The standard InChI is InChI=1S/C10H14O/c1-10(2)6-3-4-9(8-11)5-7-10/h3-7,11H,8H2,1-2H3. The lowest BCUT2D eigenvalue weighted by atomic mass is 9.93. The van der Waals surface area contributed by atoms with Crippen molar-refractivity contribution in [3.05, 3.63) is 36.0 Å². The molecular formula is C10H14O. The maximum Gasteiger partial charge on any atom is 0.0681 e. The Morgan fingerprint density at radius 3 is 2.73 bits per heavy atom. The van der Waals surface area contributed by atoms with E-state index in [0.29, 0.717) is 0 Å². The first-order valence-corrected chi connectivity index (χ1v) is 3.82. The van der Waals surface area contributed by atoms with Crippen LogP contribution >= 0.6 is 0 Å². The van der Waals surface area contributed by atoms with Gasteiger partial charge in [0.25, 0.3) is 0 Å². The minimum absolute atomic E-state index is 0.118. The van der Waals surface area contributed by atoms with Crippen LogP contribution in [0.3, 0.4) is 0 Å². The smallest absolute Gasteiger partial charge is 0.0681 e. The van der Waals surface area contributed by atoms with Gasteiger partial charge in [-0.25, -0.2) is 0 Å². The molecule has 0 amide bonds. The van der Waals surface area contributed by atoms with E-state index in [0.717, 1.165) is 5.57 Å². The van der Waals surface area contributed by atoms with Gasteiger partial charge in [-0.05, 0) is 5.57 Å². The van der Waals surface area contributed by atoms with Gasteiger partial charge in [-0.1, -0.05) is 44.2 Å². The van der Waals surface area contributed by atoms with E-state index in [1.54, 1.807) is 0 Å². The van der Waals surface area contributed by atoms with Gasteiger partial charge in [0, 0.05) is 5.41 Å². The van der Waals surface area contributed by atoms with Crippen molar-refractivity contribution in [2.75, 3.05) is 6.61 Å². The van der Waals surface area contributed by atoms with Crippen LogP contribution in [0, 0.1) is 5.41 Å². The van der Waals surface area contributed by atoms with Gasteiger partial charge in [0.05, 0.1) is 6.61 Å². The number of hydrogen-bond donors (Lipinski definition) is 1. The molecule has 0 bridgehead atoms. The highest BCUT2D eigenvalue weighted by molar-refractivity contribution is 5.30. The molecule has 0 aromatic carbocycles. The van der Waals surface area contributed by atoms with Crippen molar-refractivity contribution in [1.29, 1.82) is 0 Å². The molecule has 1 rings (SSSR count). The van der Waals surface area contributed by atoms with Gasteiger partial charge in [-0.3, -0.25) is 0 Å². The number of allylic oxidation sites excluding steroid dienone is 4. The predicted octanol–water partition coefficient (Wildman–Crippen LogP) is 2.06. The van der Waals surface area contributed by atoms with Crippen molar-refractivity contribution < 1.29 is 5.11 Å². The second-order valence-corrected chi connectivity index (χ2v) is 3.41. The van der Waals surface area contributed by atoms with Crippen LogP contribution in [0.4, 0.5) is 0 Å². The van der Waals surface area contributed by atoms with Crippen LogP contribution < -0.4 is 0 Å². The molecule has 11 heavy (non-hydrogen) atoms. The summed E-state index contributed by atoms with van der Waals surface area (Å²) in [6.45, 7) is 4.39. The molecule has 0 saturated carbocycles. The molecule has 60 valence electrons. The molecule has 0 radical (unpaired) electrons. The zero-order valence-electron chi connectivity index (χ0n) is 7.04. The molecule has 0 saturated heterocycles. The average molecular weight is 150 g/mol. The minimum Gasteiger partial charge on any atom is -0.392 e. The molecule has 0 aromatic rings. The van der Waals surface area contributed by atoms with Gasteiger partial charge in [-0.15, -0.1) is 0 Å². The Bertz CT molecular complexity index is 219. The maximum absolute atomic E-state index is 8.83. The predicted molar refractivity (Wildman–Crippen MR) is 47.2 cm³/mol. The maximum atomic E-state index is 8.83. The van der Waals surface area contributed by atoms with E-state index in [9.17, 15) is 0 Å². The Hall–Kier alpha value is -0.820. The molecule has 0 aromatic heterocycles. The van der Waals surface area contributed by atoms with Crippen LogP contribution in [0.2, 0.25) is 0 Å². The fourth-order valence-corrected chi connectivity index (χ4v) is 0.958. The Balaban J connectivity index is 2.83. The van der Waals surface area contributed by atoms with E-state index >= 15 is 0 Å². The summed E-state index contributed by atoms with van der Waals surface area (Å²) in [6, 6.07) is 0. The number of aliphatic hydroxyl groups is 1. The van der Waals surface area contributed by atoms with Crippen molar-refractivity contribution in [1.82, 2.24) is 0 Å². The number of aliphatic hydroxyl groups excluding tert-OH is 1. The van der Waals surface area contributed by atoms with Crippen LogP contribution in [0.25, 0.3) is 0 Å². The summed E-state index contributed by atoms with van der Waals surface area (Å²) >= 11 is 0. The van der Waals surface area contributed by atoms with Gasteiger partial charge in [0.2, 0.25) is 0 Å². The molecule has 0 spiro atoms. The zero-order chi connectivity index (χ0) is 8.32.